The van der Waals surface area contributed by atoms with Gasteiger partial charge in [0.1, 0.15) is 0 Å². The summed E-state index contributed by atoms with van der Waals surface area (Å²) in [5.74, 6) is 0.937. The van der Waals surface area contributed by atoms with E-state index in [9.17, 15) is 8.42 Å². The number of hydrogen-bond donors (Lipinski definition) is 0. The Hall–Kier alpha value is 0.160. The molecule has 2 aliphatic rings. The molecule has 106 valence electrons. The lowest BCUT2D eigenvalue weighted by molar-refractivity contribution is 0.206. The molecule has 0 amide bonds. The number of nitrogens with zero attached hydrogens (tertiary/aromatic N) is 2. The van der Waals surface area contributed by atoms with Gasteiger partial charge in [-0.2, -0.15) is 0 Å². The van der Waals surface area contributed by atoms with Gasteiger partial charge in [0, 0.05) is 25.5 Å². The monoisotopic (exact) mass is 294 g/mol. The molecule has 0 atom stereocenters. The zero-order chi connectivity index (χ0) is 13.0. The predicted molar refractivity (Wildman–Crippen MR) is 74.5 cm³/mol. The van der Waals surface area contributed by atoms with E-state index in [0.29, 0.717) is 19.0 Å². The highest BCUT2D eigenvalue weighted by molar-refractivity contribution is 7.89. The maximum absolute atomic E-state index is 11.9. The van der Waals surface area contributed by atoms with Crippen LogP contribution in [0, 0.1) is 5.92 Å². The van der Waals surface area contributed by atoms with E-state index >= 15 is 0 Å². The van der Waals surface area contributed by atoms with Crippen LogP contribution < -0.4 is 0 Å². The van der Waals surface area contributed by atoms with Gasteiger partial charge in [-0.15, -0.1) is 11.6 Å². The van der Waals surface area contributed by atoms with E-state index < -0.39 is 10.0 Å². The van der Waals surface area contributed by atoms with Crippen LogP contribution in [-0.2, 0) is 10.0 Å². The molecule has 0 saturated carbocycles. The van der Waals surface area contributed by atoms with Gasteiger partial charge in [0.15, 0.2) is 0 Å². The number of rotatable bonds is 5. The number of piperidine rings is 1. The van der Waals surface area contributed by atoms with Gasteiger partial charge in [0.2, 0.25) is 10.0 Å². The number of sulfonamides is 1. The highest BCUT2D eigenvalue weighted by Crippen LogP contribution is 2.22. The fraction of sp³-hybridized carbons (Fsp3) is 1.00. The molecular weight excluding hydrogens is 272 g/mol. The summed E-state index contributed by atoms with van der Waals surface area (Å²) in [7, 11) is -3.10. The van der Waals surface area contributed by atoms with Crippen LogP contribution in [-0.4, -0.2) is 62.0 Å². The molecule has 2 aliphatic heterocycles. The van der Waals surface area contributed by atoms with E-state index in [-0.39, 0.29) is 11.6 Å². The normalized spacial score (nSPS) is 24.7. The van der Waals surface area contributed by atoms with Crippen LogP contribution in [0.5, 0.6) is 0 Å². The molecule has 0 aromatic heterocycles. The number of likely N-dealkylation sites (tertiary alicyclic amines) is 1. The lowest BCUT2D eigenvalue weighted by Crippen LogP contribution is -2.42. The second-order valence-electron chi connectivity index (χ2n) is 5.36. The fourth-order valence-corrected chi connectivity index (χ4v) is 4.73. The van der Waals surface area contributed by atoms with Gasteiger partial charge in [0.05, 0.1) is 5.75 Å². The molecule has 0 aromatic carbocycles. The second-order valence-corrected chi connectivity index (χ2v) is 7.82. The Balaban J connectivity index is 1.77. The first-order valence-electron chi connectivity index (χ1n) is 6.88. The van der Waals surface area contributed by atoms with E-state index in [4.69, 9.17) is 11.6 Å². The minimum absolute atomic E-state index is 0.0747. The maximum Gasteiger partial charge on any atom is 0.215 e. The smallest absolute Gasteiger partial charge is 0.215 e. The highest BCUT2D eigenvalue weighted by Gasteiger charge is 2.28. The SMILES string of the molecule is O=S(=O)(CCCl)N1CCC(CN2CCCC2)CC1. The van der Waals surface area contributed by atoms with E-state index in [1.807, 2.05) is 0 Å². The fourth-order valence-electron chi connectivity index (χ4n) is 2.93. The molecule has 2 rings (SSSR count). The van der Waals surface area contributed by atoms with Crippen LogP contribution >= 0.6 is 11.6 Å². The lowest BCUT2D eigenvalue weighted by Gasteiger charge is -2.33. The van der Waals surface area contributed by atoms with Crippen molar-refractivity contribution in [1.29, 1.82) is 0 Å². The topological polar surface area (TPSA) is 40.6 Å². The number of halogens is 1. The average Bonchev–Trinajstić information content (AvgIpc) is 2.82. The molecule has 6 heteroatoms. The summed E-state index contributed by atoms with van der Waals surface area (Å²) < 4.78 is 25.4. The van der Waals surface area contributed by atoms with E-state index in [2.05, 4.69) is 4.90 Å². The second kappa shape index (κ2) is 6.55. The molecular formula is C12H23ClN2O2S. The van der Waals surface area contributed by atoms with Gasteiger partial charge in [-0.25, -0.2) is 12.7 Å². The summed E-state index contributed by atoms with van der Waals surface area (Å²) in [6, 6.07) is 0. The van der Waals surface area contributed by atoms with Crippen LogP contribution in [0.25, 0.3) is 0 Å². The van der Waals surface area contributed by atoms with Gasteiger partial charge in [0.25, 0.3) is 0 Å². The Bertz CT molecular complexity index is 347. The summed E-state index contributed by atoms with van der Waals surface area (Å²) in [5, 5.41) is 0. The Labute approximate surface area is 115 Å². The minimum atomic E-state index is -3.10. The molecule has 0 aromatic rings. The van der Waals surface area contributed by atoms with Crippen LogP contribution in [0.1, 0.15) is 25.7 Å². The van der Waals surface area contributed by atoms with Crippen molar-refractivity contribution >= 4 is 21.6 Å². The van der Waals surface area contributed by atoms with Crippen LogP contribution in [0.4, 0.5) is 0 Å². The van der Waals surface area contributed by atoms with Crippen molar-refractivity contribution < 1.29 is 8.42 Å². The molecule has 0 N–H and O–H groups in total. The summed E-state index contributed by atoms with van der Waals surface area (Å²) >= 11 is 5.53. The summed E-state index contributed by atoms with van der Waals surface area (Å²) in [6.07, 6.45) is 4.64. The van der Waals surface area contributed by atoms with Crippen molar-refractivity contribution in [3.63, 3.8) is 0 Å². The predicted octanol–water partition coefficient (Wildman–Crippen LogP) is 1.36. The van der Waals surface area contributed by atoms with Crippen molar-refractivity contribution in [2.45, 2.75) is 25.7 Å². The van der Waals surface area contributed by atoms with Crippen molar-refractivity contribution in [3.05, 3.63) is 0 Å². The van der Waals surface area contributed by atoms with Crippen molar-refractivity contribution in [3.8, 4) is 0 Å². The van der Waals surface area contributed by atoms with Crippen molar-refractivity contribution in [2.24, 2.45) is 5.92 Å². The zero-order valence-electron chi connectivity index (χ0n) is 10.9. The molecule has 2 fully saturated rings. The van der Waals surface area contributed by atoms with E-state index in [0.717, 1.165) is 19.4 Å². The summed E-state index contributed by atoms with van der Waals surface area (Å²) in [5.41, 5.74) is 0. The van der Waals surface area contributed by atoms with Crippen molar-refractivity contribution in [2.75, 3.05) is 44.4 Å². The van der Waals surface area contributed by atoms with Gasteiger partial charge < -0.3 is 4.90 Å². The first-order chi connectivity index (χ1) is 8.62. The Morgan fingerprint density at radius 1 is 1.06 bits per heavy atom. The van der Waals surface area contributed by atoms with Gasteiger partial charge in [-0.3, -0.25) is 0 Å². The van der Waals surface area contributed by atoms with Gasteiger partial charge >= 0.3 is 0 Å². The lowest BCUT2D eigenvalue weighted by atomic mass is 9.98. The molecule has 0 spiro atoms. The molecule has 18 heavy (non-hydrogen) atoms. The number of alkyl halides is 1. The molecule has 2 heterocycles. The largest absolute Gasteiger partial charge is 0.303 e. The average molecular weight is 295 g/mol. The molecule has 2 saturated heterocycles. The Morgan fingerprint density at radius 2 is 1.67 bits per heavy atom. The maximum atomic E-state index is 11.9. The summed E-state index contributed by atoms with van der Waals surface area (Å²) in [4.78, 5) is 2.52. The summed E-state index contributed by atoms with van der Waals surface area (Å²) in [6.45, 7) is 4.97. The van der Waals surface area contributed by atoms with Gasteiger partial charge in [-0.1, -0.05) is 0 Å². The molecule has 0 unspecified atom stereocenters. The molecule has 0 bridgehead atoms. The first kappa shape index (κ1) is 14.6. The third-order valence-electron chi connectivity index (χ3n) is 4.02. The Kier molecular flexibility index (Phi) is 5.30. The van der Waals surface area contributed by atoms with Crippen LogP contribution in [0.2, 0.25) is 0 Å². The molecule has 0 aliphatic carbocycles. The van der Waals surface area contributed by atoms with Crippen LogP contribution in [0.3, 0.4) is 0 Å². The minimum Gasteiger partial charge on any atom is -0.303 e. The zero-order valence-corrected chi connectivity index (χ0v) is 12.4. The van der Waals surface area contributed by atoms with Crippen LogP contribution in [0.15, 0.2) is 0 Å². The van der Waals surface area contributed by atoms with Gasteiger partial charge in [-0.05, 0) is 44.7 Å². The van der Waals surface area contributed by atoms with Crippen molar-refractivity contribution in [1.82, 2.24) is 9.21 Å². The van der Waals surface area contributed by atoms with E-state index in [1.165, 1.54) is 25.9 Å². The first-order valence-corrected chi connectivity index (χ1v) is 9.02. The quantitative estimate of drug-likeness (QED) is 0.719. The Morgan fingerprint density at radius 3 is 2.22 bits per heavy atom. The third kappa shape index (κ3) is 3.83. The van der Waals surface area contributed by atoms with E-state index in [1.54, 1.807) is 4.31 Å². The standard InChI is InChI=1S/C12H23ClN2O2S/c13-5-10-18(16,17)15-8-3-12(4-9-15)11-14-6-1-2-7-14/h12H,1-11H2. The third-order valence-corrected chi connectivity index (χ3v) is 6.30. The highest BCUT2D eigenvalue weighted by atomic mass is 35.5. The molecule has 4 nitrogen and oxygen atoms in total. The molecule has 0 radical (unpaired) electrons. The number of hydrogen-bond acceptors (Lipinski definition) is 3.